The van der Waals surface area contributed by atoms with E-state index >= 15 is 0 Å². The standard InChI is InChI=1S/C13H10N2O3S2/c1-6(16)15-8-5-3-2-4-7(8)9(12(15)18)10-11(17)14-13(19)20-10/h2-5,9-10H,1H3,(H,14,17,19). The van der Waals surface area contributed by atoms with Crippen LogP contribution in [0.1, 0.15) is 18.4 Å². The van der Waals surface area contributed by atoms with Gasteiger partial charge in [0, 0.05) is 6.92 Å². The molecule has 0 aliphatic carbocycles. The van der Waals surface area contributed by atoms with E-state index in [-0.39, 0.29) is 17.7 Å². The molecule has 0 saturated carbocycles. The van der Waals surface area contributed by atoms with Crippen LogP contribution in [0.4, 0.5) is 5.69 Å². The van der Waals surface area contributed by atoms with Crippen LogP contribution in [-0.2, 0) is 14.4 Å². The highest BCUT2D eigenvalue weighted by atomic mass is 32.2. The number of anilines is 1. The molecule has 0 aromatic heterocycles. The maximum atomic E-state index is 12.5. The molecule has 2 aliphatic rings. The van der Waals surface area contributed by atoms with E-state index in [1.165, 1.54) is 6.92 Å². The summed E-state index contributed by atoms with van der Waals surface area (Å²) in [6.07, 6.45) is 0. The summed E-state index contributed by atoms with van der Waals surface area (Å²) in [6, 6.07) is 7.04. The zero-order chi connectivity index (χ0) is 14.4. The van der Waals surface area contributed by atoms with Crippen LogP contribution in [0.2, 0.25) is 0 Å². The molecule has 2 unspecified atom stereocenters. The highest BCUT2D eigenvalue weighted by Crippen LogP contribution is 2.44. The Labute approximate surface area is 124 Å². The van der Waals surface area contributed by atoms with Crippen LogP contribution >= 0.6 is 24.0 Å². The number of imide groups is 1. The lowest BCUT2D eigenvalue weighted by molar-refractivity contribution is -0.128. The number of carbonyl (C=O) groups excluding carboxylic acids is 3. The second-order valence-corrected chi connectivity index (χ2v) is 6.36. The SMILES string of the molecule is CC(=O)N1C(=O)C(C2SC(=S)NC2=O)c2ccccc21. The van der Waals surface area contributed by atoms with E-state index < -0.39 is 11.2 Å². The first-order valence-electron chi connectivity index (χ1n) is 5.95. The molecule has 7 heteroatoms. The van der Waals surface area contributed by atoms with Crippen molar-refractivity contribution in [2.75, 3.05) is 4.90 Å². The van der Waals surface area contributed by atoms with Crippen molar-refractivity contribution < 1.29 is 14.4 Å². The molecule has 0 spiro atoms. The minimum Gasteiger partial charge on any atom is -0.311 e. The van der Waals surface area contributed by atoms with Crippen LogP contribution in [0.15, 0.2) is 24.3 Å². The van der Waals surface area contributed by atoms with Gasteiger partial charge in [-0.05, 0) is 11.6 Å². The molecule has 1 N–H and O–H groups in total. The van der Waals surface area contributed by atoms with E-state index in [2.05, 4.69) is 5.32 Å². The summed E-state index contributed by atoms with van der Waals surface area (Å²) in [4.78, 5) is 37.3. The molecule has 0 radical (unpaired) electrons. The summed E-state index contributed by atoms with van der Waals surface area (Å²) in [5.41, 5.74) is 1.26. The molecule has 0 bridgehead atoms. The molecule has 20 heavy (non-hydrogen) atoms. The van der Waals surface area contributed by atoms with Gasteiger partial charge in [0.1, 0.15) is 9.57 Å². The topological polar surface area (TPSA) is 66.5 Å². The third-order valence-corrected chi connectivity index (χ3v) is 4.78. The third-order valence-electron chi connectivity index (χ3n) is 3.33. The van der Waals surface area contributed by atoms with Crippen molar-refractivity contribution in [3.63, 3.8) is 0 Å². The molecule has 1 aromatic rings. The Hall–Kier alpha value is -1.73. The number of thioether (sulfide) groups is 1. The van der Waals surface area contributed by atoms with Crippen molar-refractivity contribution in [1.29, 1.82) is 0 Å². The molecule has 102 valence electrons. The summed E-state index contributed by atoms with van der Waals surface area (Å²) in [7, 11) is 0. The first-order chi connectivity index (χ1) is 9.50. The van der Waals surface area contributed by atoms with Crippen LogP contribution in [0.5, 0.6) is 0 Å². The Morgan fingerprint density at radius 3 is 2.65 bits per heavy atom. The van der Waals surface area contributed by atoms with Crippen LogP contribution in [-0.4, -0.2) is 27.3 Å². The first-order valence-corrected chi connectivity index (χ1v) is 7.24. The van der Waals surface area contributed by atoms with Gasteiger partial charge >= 0.3 is 0 Å². The minimum absolute atomic E-state index is 0.279. The Kier molecular flexibility index (Phi) is 3.10. The summed E-state index contributed by atoms with van der Waals surface area (Å²) in [5, 5.41) is 1.93. The fourth-order valence-electron chi connectivity index (χ4n) is 2.55. The van der Waals surface area contributed by atoms with Crippen molar-refractivity contribution in [2.45, 2.75) is 18.1 Å². The number of amides is 3. The van der Waals surface area contributed by atoms with Gasteiger partial charge in [0.25, 0.3) is 0 Å². The molecule has 1 aromatic carbocycles. The fraction of sp³-hybridized carbons (Fsp3) is 0.231. The molecule has 2 atom stereocenters. The smallest absolute Gasteiger partial charge is 0.243 e. The van der Waals surface area contributed by atoms with Crippen molar-refractivity contribution in [3.05, 3.63) is 29.8 Å². The van der Waals surface area contributed by atoms with E-state index in [1.54, 1.807) is 24.3 Å². The molecule has 3 amide bonds. The van der Waals surface area contributed by atoms with Gasteiger partial charge in [-0.2, -0.15) is 0 Å². The predicted octanol–water partition coefficient (Wildman–Crippen LogP) is 1.18. The molecule has 2 aliphatic heterocycles. The molecule has 1 saturated heterocycles. The van der Waals surface area contributed by atoms with Gasteiger partial charge in [-0.3, -0.25) is 14.4 Å². The summed E-state index contributed by atoms with van der Waals surface area (Å²) < 4.78 is 0.367. The van der Waals surface area contributed by atoms with E-state index in [0.29, 0.717) is 15.6 Å². The number of thiocarbonyl (C=S) groups is 1. The van der Waals surface area contributed by atoms with Gasteiger partial charge in [-0.1, -0.05) is 42.2 Å². The Morgan fingerprint density at radius 2 is 2.05 bits per heavy atom. The quantitative estimate of drug-likeness (QED) is 0.789. The average Bonchev–Trinajstić information content (AvgIpc) is 2.85. The van der Waals surface area contributed by atoms with Gasteiger partial charge < -0.3 is 5.32 Å². The number of nitrogens with zero attached hydrogens (tertiary/aromatic N) is 1. The molecule has 5 nitrogen and oxygen atoms in total. The number of para-hydroxylation sites is 1. The van der Waals surface area contributed by atoms with E-state index in [0.717, 1.165) is 16.7 Å². The Morgan fingerprint density at radius 1 is 1.35 bits per heavy atom. The Balaban J connectivity index is 2.09. The first kappa shape index (κ1) is 13.3. The van der Waals surface area contributed by atoms with Crippen LogP contribution in [0, 0.1) is 0 Å². The lowest BCUT2D eigenvalue weighted by atomic mass is 9.96. The number of hydrogen-bond donors (Lipinski definition) is 1. The van der Waals surface area contributed by atoms with Crippen LogP contribution < -0.4 is 10.2 Å². The molecular formula is C13H10N2O3S2. The second-order valence-electron chi connectivity index (χ2n) is 4.54. The zero-order valence-electron chi connectivity index (χ0n) is 10.5. The summed E-state index contributed by atoms with van der Waals surface area (Å²) in [6.45, 7) is 1.34. The number of benzene rings is 1. The molecular weight excluding hydrogens is 296 g/mol. The molecule has 2 heterocycles. The number of fused-ring (bicyclic) bond motifs is 1. The van der Waals surface area contributed by atoms with E-state index in [4.69, 9.17) is 12.2 Å². The van der Waals surface area contributed by atoms with E-state index in [1.807, 2.05) is 0 Å². The van der Waals surface area contributed by atoms with Crippen molar-refractivity contribution in [2.24, 2.45) is 0 Å². The monoisotopic (exact) mass is 306 g/mol. The number of nitrogens with one attached hydrogen (secondary N) is 1. The van der Waals surface area contributed by atoms with Gasteiger partial charge in [-0.25, -0.2) is 4.90 Å². The van der Waals surface area contributed by atoms with Crippen molar-refractivity contribution in [3.8, 4) is 0 Å². The third kappa shape index (κ3) is 1.85. The number of carbonyl (C=O) groups is 3. The average molecular weight is 306 g/mol. The summed E-state index contributed by atoms with van der Waals surface area (Å²) >= 11 is 6.13. The Bertz CT molecular complexity index is 659. The molecule has 3 rings (SSSR count). The maximum absolute atomic E-state index is 12.5. The zero-order valence-corrected chi connectivity index (χ0v) is 12.1. The van der Waals surface area contributed by atoms with Gasteiger partial charge in [0.05, 0.1) is 11.6 Å². The predicted molar refractivity (Wildman–Crippen MR) is 79.5 cm³/mol. The van der Waals surface area contributed by atoms with Crippen molar-refractivity contribution >= 4 is 51.7 Å². The molecule has 1 fully saturated rings. The fourth-order valence-corrected chi connectivity index (χ4v) is 3.92. The normalized spacial score (nSPS) is 24.9. The summed E-state index contributed by atoms with van der Waals surface area (Å²) in [5.74, 6) is -1.66. The van der Waals surface area contributed by atoms with E-state index in [9.17, 15) is 14.4 Å². The lowest BCUT2D eigenvalue weighted by Gasteiger charge is -2.15. The highest BCUT2D eigenvalue weighted by Gasteiger charge is 2.48. The second kappa shape index (κ2) is 4.68. The van der Waals surface area contributed by atoms with Gasteiger partial charge in [0.15, 0.2) is 0 Å². The maximum Gasteiger partial charge on any atom is 0.243 e. The van der Waals surface area contributed by atoms with Crippen LogP contribution in [0.25, 0.3) is 0 Å². The minimum atomic E-state index is -0.666. The lowest BCUT2D eigenvalue weighted by Crippen LogP contribution is -2.38. The number of rotatable bonds is 1. The number of hydrogen-bond acceptors (Lipinski definition) is 5. The van der Waals surface area contributed by atoms with Crippen molar-refractivity contribution in [1.82, 2.24) is 5.32 Å². The van der Waals surface area contributed by atoms with Gasteiger partial charge in [-0.15, -0.1) is 0 Å². The van der Waals surface area contributed by atoms with Crippen LogP contribution in [0.3, 0.4) is 0 Å². The highest BCUT2D eigenvalue weighted by molar-refractivity contribution is 8.24. The van der Waals surface area contributed by atoms with Gasteiger partial charge in [0.2, 0.25) is 17.7 Å². The largest absolute Gasteiger partial charge is 0.311 e.